The number of fused-ring (bicyclic) bond motifs is 1. The number of esters is 1. The Morgan fingerprint density at radius 2 is 1.87 bits per heavy atom. The van der Waals surface area contributed by atoms with Crippen LogP contribution in [0.3, 0.4) is 0 Å². The molecule has 8 heteroatoms. The van der Waals surface area contributed by atoms with Gasteiger partial charge in [0.05, 0.1) is 5.92 Å². The molecule has 0 radical (unpaired) electrons. The number of nitrogens with one attached hydrogen (secondary N) is 1. The van der Waals surface area contributed by atoms with Crippen molar-refractivity contribution in [1.82, 2.24) is 5.32 Å². The summed E-state index contributed by atoms with van der Waals surface area (Å²) in [5, 5.41) is 11.6. The second kappa shape index (κ2) is 6.39. The number of amides is 1. The predicted molar refractivity (Wildman–Crippen MR) is 76.2 cm³/mol. The zero-order valence-corrected chi connectivity index (χ0v) is 12.4. The molecule has 126 valence electrons. The van der Waals surface area contributed by atoms with Gasteiger partial charge < -0.3 is 19.9 Å². The monoisotopic (exact) mass is 327 g/mol. The number of hydrogen-bond donors (Lipinski definition) is 2. The molecule has 2 rings (SSSR count). The third-order valence-corrected chi connectivity index (χ3v) is 4.28. The van der Waals surface area contributed by atoms with E-state index in [-0.39, 0.29) is 19.6 Å². The maximum Gasteiger partial charge on any atom is 0.408 e. The summed E-state index contributed by atoms with van der Waals surface area (Å²) in [6.07, 6.45) is -0.338. The number of carbonyl (C=O) groups excluding carboxylic acids is 2. The van der Waals surface area contributed by atoms with Crippen molar-refractivity contribution in [2.45, 2.75) is 18.1 Å². The van der Waals surface area contributed by atoms with E-state index in [4.69, 9.17) is 4.74 Å². The van der Waals surface area contributed by atoms with Crippen LogP contribution in [0.1, 0.15) is 6.42 Å². The number of ether oxygens (including phenoxy) is 2. The highest BCUT2D eigenvalue weighted by atomic mass is 19.1. The first kappa shape index (κ1) is 17.0. The number of alkyl carbamates (subject to hydrolysis) is 1. The number of carboxylic acids is 1. The van der Waals surface area contributed by atoms with Crippen LogP contribution in [0.5, 0.6) is 0 Å². The fraction of sp³-hybridized carbons (Fsp3) is 0.533. The van der Waals surface area contributed by atoms with Crippen LogP contribution in [0.2, 0.25) is 0 Å². The molecule has 0 heterocycles. The molecule has 2 aliphatic carbocycles. The highest BCUT2D eigenvalue weighted by molar-refractivity contribution is 5.90. The van der Waals surface area contributed by atoms with Gasteiger partial charge in [-0.15, -0.1) is 0 Å². The first-order valence-corrected chi connectivity index (χ1v) is 7.11. The molecule has 2 N–H and O–H groups in total. The molecule has 2 aliphatic rings. The number of hydrogen-bond acceptors (Lipinski definition) is 5. The second-order valence-corrected chi connectivity index (χ2v) is 5.52. The number of alkyl halides is 1. The van der Waals surface area contributed by atoms with Crippen LogP contribution in [-0.4, -0.2) is 48.1 Å². The Morgan fingerprint density at radius 3 is 2.43 bits per heavy atom. The SMILES string of the molecule is C=CCOC(=O)N[C@@]1(C(=O)O)[C@@H](F)CC2[C@H](C(=O)OCC=C)[C@H]21. The predicted octanol–water partition coefficient (Wildman–Crippen LogP) is 1.06. The van der Waals surface area contributed by atoms with E-state index in [1.165, 1.54) is 12.2 Å². The van der Waals surface area contributed by atoms with E-state index in [2.05, 4.69) is 23.2 Å². The van der Waals surface area contributed by atoms with Crippen LogP contribution in [0.4, 0.5) is 9.18 Å². The first-order valence-electron chi connectivity index (χ1n) is 7.11. The standard InChI is InChI=1S/C15H18FNO6/c1-3-5-22-12(18)10-8-7-9(16)15(11(8)10,13(19)20)17-14(21)23-6-4-2/h3-4,8-11H,1-2,5-7H2,(H,17,21)(H,19,20)/t8?,9-,10-,11-,15-/m0/s1. The third kappa shape index (κ3) is 2.80. The van der Waals surface area contributed by atoms with Gasteiger partial charge in [-0.2, -0.15) is 0 Å². The van der Waals surface area contributed by atoms with Gasteiger partial charge >= 0.3 is 18.0 Å². The lowest BCUT2D eigenvalue weighted by Crippen LogP contribution is -2.61. The van der Waals surface area contributed by atoms with E-state index in [0.717, 1.165) is 0 Å². The third-order valence-electron chi connectivity index (χ3n) is 4.28. The number of aliphatic carboxylic acids is 1. The molecule has 0 aromatic rings. The van der Waals surface area contributed by atoms with E-state index in [9.17, 15) is 23.9 Å². The molecule has 0 aromatic heterocycles. The van der Waals surface area contributed by atoms with Gasteiger partial charge in [-0.3, -0.25) is 4.79 Å². The van der Waals surface area contributed by atoms with E-state index in [1.54, 1.807) is 0 Å². The average Bonchev–Trinajstić information content (AvgIpc) is 3.14. The van der Waals surface area contributed by atoms with Gasteiger partial charge in [-0.05, 0) is 12.3 Å². The van der Waals surface area contributed by atoms with Crippen LogP contribution >= 0.6 is 0 Å². The summed E-state index contributed by atoms with van der Waals surface area (Å²) in [5.74, 6) is -4.23. The van der Waals surface area contributed by atoms with E-state index in [1.807, 2.05) is 0 Å². The Labute approximate surface area is 132 Å². The van der Waals surface area contributed by atoms with Crippen molar-refractivity contribution < 1.29 is 33.4 Å². The summed E-state index contributed by atoms with van der Waals surface area (Å²) in [6, 6.07) is 0. The molecular weight excluding hydrogens is 309 g/mol. The summed E-state index contributed by atoms with van der Waals surface area (Å²) in [4.78, 5) is 35.3. The van der Waals surface area contributed by atoms with E-state index < -0.39 is 47.5 Å². The molecule has 2 fully saturated rings. The Bertz CT molecular complexity index is 550. The fourth-order valence-electron chi connectivity index (χ4n) is 3.31. The quantitative estimate of drug-likeness (QED) is 0.535. The fourth-order valence-corrected chi connectivity index (χ4v) is 3.31. The van der Waals surface area contributed by atoms with Gasteiger partial charge in [0.15, 0.2) is 5.54 Å². The molecule has 23 heavy (non-hydrogen) atoms. The van der Waals surface area contributed by atoms with Crippen LogP contribution in [0.25, 0.3) is 0 Å². The Hall–Kier alpha value is -2.38. The summed E-state index contributed by atoms with van der Waals surface area (Å²) in [5.41, 5.74) is -2.18. The van der Waals surface area contributed by atoms with E-state index >= 15 is 0 Å². The average molecular weight is 327 g/mol. The maximum atomic E-state index is 14.3. The number of carboxylic acid groups (broad SMARTS) is 1. The first-order chi connectivity index (χ1) is 10.9. The van der Waals surface area contributed by atoms with Crippen LogP contribution in [0.15, 0.2) is 25.3 Å². The van der Waals surface area contributed by atoms with Gasteiger partial charge in [0.1, 0.15) is 19.4 Å². The largest absolute Gasteiger partial charge is 0.479 e. The molecule has 1 unspecified atom stereocenters. The zero-order chi connectivity index (χ0) is 17.2. The maximum absolute atomic E-state index is 14.3. The molecule has 0 aliphatic heterocycles. The molecule has 2 saturated carbocycles. The summed E-state index contributed by atoms with van der Waals surface area (Å²) in [7, 11) is 0. The van der Waals surface area contributed by atoms with Crippen LogP contribution in [-0.2, 0) is 19.1 Å². The Kier molecular flexibility index (Phi) is 4.72. The second-order valence-electron chi connectivity index (χ2n) is 5.52. The number of rotatable bonds is 7. The molecule has 5 atom stereocenters. The van der Waals surface area contributed by atoms with Crippen molar-refractivity contribution in [3.63, 3.8) is 0 Å². The highest BCUT2D eigenvalue weighted by Gasteiger charge is 2.77. The Morgan fingerprint density at radius 1 is 1.26 bits per heavy atom. The van der Waals surface area contributed by atoms with Gasteiger partial charge in [-0.25, -0.2) is 14.0 Å². The zero-order valence-electron chi connectivity index (χ0n) is 12.4. The van der Waals surface area contributed by atoms with Gasteiger partial charge in [0, 0.05) is 5.92 Å². The smallest absolute Gasteiger partial charge is 0.408 e. The van der Waals surface area contributed by atoms with Crippen molar-refractivity contribution in [1.29, 1.82) is 0 Å². The van der Waals surface area contributed by atoms with Crippen molar-refractivity contribution in [2.75, 3.05) is 13.2 Å². The highest BCUT2D eigenvalue weighted by Crippen LogP contribution is 2.63. The lowest BCUT2D eigenvalue weighted by atomic mass is 9.88. The topological polar surface area (TPSA) is 102 Å². The van der Waals surface area contributed by atoms with Crippen LogP contribution < -0.4 is 5.32 Å². The minimum atomic E-state index is -2.18. The minimum absolute atomic E-state index is 0.0112. The van der Waals surface area contributed by atoms with Gasteiger partial charge in [0.2, 0.25) is 0 Å². The molecule has 0 bridgehead atoms. The lowest BCUT2D eigenvalue weighted by Gasteiger charge is -2.30. The summed E-state index contributed by atoms with van der Waals surface area (Å²) < 4.78 is 23.9. The van der Waals surface area contributed by atoms with Crippen molar-refractivity contribution >= 4 is 18.0 Å². The van der Waals surface area contributed by atoms with Gasteiger partial charge in [-0.1, -0.05) is 25.3 Å². The Balaban J connectivity index is 2.16. The lowest BCUT2D eigenvalue weighted by molar-refractivity contribution is -0.150. The molecule has 1 amide bonds. The van der Waals surface area contributed by atoms with Gasteiger partial charge in [0.25, 0.3) is 0 Å². The molecule has 7 nitrogen and oxygen atoms in total. The molecule has 0 spiro atoms. The van der Waals surface area contributed by atoms with E-state index in [0.29, 0.717) is 0 Å². The molecule has 0 aromatic carbocycles. The molecular formula is C15H18FNO6. The summed E-state index contributed by atoms with van der Waals surface area (Å²) in [6.45, 7) is 6.61. The van der Waals surface area contributed by atoms with Crippen molar-refractivity contribution in [3.8, 4) is 0 Å². The minimum Gasteiger partial charge on any atom is -0.479 e. The van der Waals surface area contributed by atoms with Crippen molar-refractivity contribution in [3.05, 3.63) is 25.3 Å². The number of carbonyl (C=O) groups is 3. The summed E-state index contributed by atoms with van der Waals surface area (Å²) >= 11 is 0. The molecule has 0 saturated heterocycles. The normalized spacial score (nSPS) is 34.0. The van der Waals surface area contributed by atoms with Crippen LogP contribution in [0, 0.1) is 17.8 Å². The number of halogens is 1. The van der Waals surface area contributed by atoms with Crippen molar-refractivity contribution in [2.24, 2.45) is 17.8 Å².